The Labute approximate surface area is 101 Å². The van der Waals surface area contributed by atoms with Gasteiger partial charge in [-0.05, 0) is 45.2 Å². The van der Waals surface area contributed by atoms with Crippen molar-refractivity contribution in [3.05, 3.63) is 0 Å². The zero-order valence-corrected chi connectivity index (χ0v) is 11.3. The molecule has 15 heavy (non-hydrogen) atoms. The van der Waals surface area contributed by atoms with Crippen LogP contribution < -0.4 is 5.73 Å². The molecule has 3 heteroatoms. The minimum atomic E-state index is 0. The van der Waals surface area contributed by atoms with Crippen molar-refractivity contribution in [3.63, 3.8) is 0 Å². The summed E-state index contributed by atoms with van der Waals surface area (Å²) in [5.41, 5.74) is 6.64. The Bertz CT molecular complexity index is 165. The first-order valence-electron chi connectivity index (χ1n) is 5.98. The molecule has 0 heterocycles. The van der Waals surface area contributed by atoms with Crippen LogP contribution in [-0.2, 0) is 0 Å². The van der Waals surface area contributed by atoms with E-state index in [0.29, 0.717) is 11.5 Å². The first-order valence-corrected chi connectivity index (χ1v) is 5.98. The molecule has 1 aliphatic rings. The molecule has 0 saturated heterocycles. The SMILES string of the molecule is CCC(N)CC1(CN(C)C)CCCC1.Cl. The molecule has 1 fully saturated rings. The van der Waals surface area contributed by atoms with Crippen LogP contribution in [0.2, 0.25) is 0 Å². The van der Waals surface area contributed by atoms with Gasteiger partial charge in [-0.15, -0.1) is 12.4 Å². The number of hydrogen-bond donors (Lipinski definition) is 1. The molecule has 1 aliphatic carbocycles. The lowest BCUT2D eigenvalue weighted by Crippen LogP contribution is -2.37. The normalized spacial score (nSPS) is 21.4. The second kappa shape index (κ2) is 6.72. The van der Waals surface area contributed by atoms with Gasteiger partial charge in [0.1, 0.15) is 0 Å². The average Bonchev–Trinajstić information content (AvgIpc) is 2.51. The monoisotopic (exact) mass is 234 g/mol. The summed E-state index contributed by atoms with van der Waals surface area (Å²) in [5.74, 6) is 0. The van der Waals surface area contributed by atoms with Gasteiger partial charge >= 0.3 is 0 Å². The van der Waals surface area contributed by atoms with Crippen molar-refractivity contribution in [2.45, 2.75) is 51.5 Å². The lowest BCUT2D eigenvalue weighted by molar-refractivity contribution is 0.173. The molecule has 92 valence electrons. The van der Waals surface area contributed by atoms with Crippen LogP contribution in [0.15, 0.2) is 0 Å². The van der Waals surface area contributed by atoms with Gasteiger partial charge in [-0.3, -0.25) is 0 Å². The highest BCUT2D eigenvalue weighted by Crippen LogP contribution is 2.42. The number of hydrogen-bond acceptors (Lipinski definition) is 2. The molecule has 0 bridgehead atoms. The van der Waals surface area contributed by atoms with Crippen molar-refractivity contribution >= 4 is 12.4 Å². The summed E-state index contributed by atoms with van der Waals surface area (Å²) < 4.78 is 0. The molecule has 0 aromatic heterocycles. The summed E-state index contributed by atoms with van der Waals surface area (Å²) in [6.45, 7) is 3.42. The lowest BCUT2D eigenvalue weighted by Gasteiger charge is -2.34. The Morgan fingerprint density at radius 3 is 2.20 bits per heavy atom. The molecule has 0 amide bonds. The van der Waals surface area contributed by atoms with E-state index in [1.807, 2.05) is 0 Å². The molecule has 2 N–H and O–H groups in total. The van der Waals surface area contributed by atoms with E-state index in [4.69, 9.17) is 5.73 Å². The number of nitrogens with zero attached hydrogens (tertiary/aromatic N) is 1. The van der Waals surface area contributed by atoms with E-state index in [9.17, 15) is 0 Å². The highest BCUT2D eigenvalue weighted by atomic mass is 35.5. The molecule has 1 atom stereocenters. The van der Waals surface area contributed by atoms with Crippen molar-refractivity contribution in [1.29, 1.82) is 0 Å². The van der Waals surface area contributed by atoms with Crippen LogP contribution in [0, 0.1) is 5.41 Å². The average molecular weight is 235 g/mol. The van der Waals surface area contributed by atoms with E-state index < -0.39 is 0 Å². The molecule has 0 aliphatic heterocycles. The van der Waals surface area contributed by atoms with Gasteiger partial charge in [0.05, 0.1) is 0 Å². The number of rotatable bonds is 5. The maximum atomic E-state index is 6.10. The fourth-order valence-electron chi connectivity index (χ4n) is 2.92. The molecule has 0 aromatic carbocycles. The van der Waals surface area contributed by atoms with Gasteiger partial charge in [-0.1, -0.05) is 19.8 Å². The van der Waals surface area contributed by atoms with Crippen molar-refractivity contribution in [1.82, 2.24) is 4.90 Å². The predicted octanol–water partition coefficient (Wildman–Crippen LogP) is 2.66. The maximum absolute atomic E-state index is 6.10. The Morgan fingerprint density at radius 1 is 1.27 bits per heavy atom. The van der Waals surface area contributed by atoms with Crippen LogP contribution in [0.4, 0.5) is 0 Å². The van der Waals surface area contributed by atoms with E-state index in [1.54, 1.807) is 0 Å². The van der Waals surface area contributed by atoms with E-state index in [1.165, 1.54) is 38.6 Å². The summed E-state index contributed by atoms with van der Waals surface area (Å²) in [6.07, 6.45) is 7.93. The smallest absolute Gasteiger partial charge is 0.00419 e. The fourth-order valence-corrected chi connectivity index (χ4v) is 2.92. The number of nitrogens with two attached hydrogens (primary N) is 1. The van der Waals surface area contributed by atoms with Crippen LogP contribution in [0.1, 0.15) is 45.4 Å². The quantitative estimate of drug-likeness (QED) is 0.793. The maximum Gasteiger partial charge on any atom is 0.00419 e. The van der Waals surface area contributed by atoms with Gasteiger partial charge in [0.25, 0.3) is 0 Å². The van der Waals surface area contributed by atoms with Gasteiger partial charge in [-0.2, -0.15) is 0 Å². The van der Waals surface area contributed by atoms with Crippen LogP contribution >= 0.6 is 12.4 Å². The summed E-state index contributed by atoms with van der Waals surface area (Å²) in [4.78, 5) is 2.33. The molecule has 1 saturated carbocycles. The molecular formula is C12H27ClN2. The Kier molecular flexibility index (Phi) is 6.81. The van der Waals surface area contributed by atoms with Crippen LogP contribution in [0.5, 0.6) is 0 Å². The highest BCUT2D eigenvalue weighted by Gasteiger charge is 2.35. The van der Waals surface area contributed by atoms with Crippen molar-refractivity contribution in [2.24, 2.45) is 11.1 Å². The van der Waals surface area contributed by atoms with Crippen molar-refractivity contribution < 1.29 is 0 Å². The van der Waals surface area contributed by atoms with Crippen LogP contribution in [-0.4, -0.2) is 31.6 Å². The molecule has 1 unspecified atom stereocenters. The molecule has 0 spiro atoms. The predicted molar refractivity (Wildman–Crippen MR) is 69.6 cm³/mol. The largest absolute Gasteiger partial charge is 0.328 e. The van der Waals surface area contributed by atoms with Gasteiger partial charge in [0, 0.05) is 12.6 Å². The third-order valence-corrected chi connectivity index (χ3v) is 3.54. The highest BCUT2D eigenvalue weighted by molar-refractivity contribution is 5.85. The van der Waals surface area contributed by atoms with E-state index in [2.05, 4.69) is 25.9 Å². The van der Waals surface area contributed by atoms with E-state index >= 15 is 0 Å². The summed E-state index contributed by atoms with van der Waals surface area (Å²) >= 11 is 0. The zero-order valence-electron chi connectivity index (χ0n) is 10.5. The van der Waals surface area contributed by atoms with Gasteiger partial charge in [0.2, 0.25) is 0 Å². The fraction of sp³-hybridized carbons (Fsp3) is 1.00. The standard InChI is InChI=1S/C12H26N2.ClH/c1-4-11(13)9-12(10-14(2)3)7-5-6-8-12;/h11H,4-10,13H2,1-3H3;1H. The van der Waals surface area contributed by atoms with Gasteiger partial charge in [-0.25, -0.2) is 0 Å². The van der Waals surface area contributed by atoms with E-state index in [-0.39, 0.29) is 12.4 Å². The second-order valence-electron chi connectivity index (χ2n) is 5.32. The first kappa shape index (κ1) is 15.2. The van der Waals surface area contributed by atoms with Crippen LogP contribution in [0.25, 0.3) is 0 Å². The summed E-state index contributed by atoms with van der Waals surface area (Å²) in [5, 5.41) is 0. The van der Waals surface area contributed by atoms with E-state index in [0.717, 1.165) is 6.42 Å². The second-order valence-corrected chi connectivity index (χ2v) is 5.32. The van der Waals surface area contributed by atoms with Crippen molar-refractivity contribution in [2.75, 3.05) is 20.6 Å². The molecule has 0 aromatic rings. The van der Waals surface area contributed by atoms with Gasteiger partial charge < -0.3 is 10.6 Å². The third kappa shape index (κ3) is 4.71. The molecule has 1 rings (SSSR count). The molecular weight excluding hydrogens is 208 g/mol. The molecule has 2 nitrogen and oxygen atoms in total. The van der Waals surface area contributed by atoms with Crippen molar-refractivity contribution in [3.8, 4) is 0 Å². The third-order valence-electron chi connectivity index (χ3n) is 3.54. The van der Waals surface area contributed by atoms with Gasteiger partial charge in [0.15, 0.2) is 0 Å². The lowest BCUT2D eigenvalue weighted by atomic mass is 9.79. The van der Waals surface area contributed by atoms with Crippen LogP contribution in [0.3, 0.4) is 0 Å². The zero-order chi connectivity index (χ0) is 10.6. The minimum absolute atomic E-state index is 0. The Morgan fingerprint density at radius 2 is 1.80 bits per heavy atom. The molecule has 0 radical (unpaired) electrons. The Hall–Kier alpha value is 0.210. The summed E-state index contributed by atoms with van der Waals surface area (Å²) in [7, 11) is 4.36. The topological polar surface area (TPSA) is 29.3 Å². The first-order chi connectivity index (χ1) is 6.58. The summed E-state index contributed by atoms with van der Waals surface area (Å²) in [6, 6.07) is 0.410. The minimum Gasteiger partial charge on any atom is -0.328 e. The Balaban J connectivity index is 0.00000196. The number of halogens is 1.